The van der Waals surface area contributed by atoms with Crippen molar-refractivity contribution in [2.45, 2.75) is 0 Å². The minimum absolute atomic E-state index is 0.284. The molecule has 0 radical (unpaired) electrons. The smallest absolute Gasteiger partial charge is 0.328 e. The molecule has 0 aromatic heterocycles. The summed E-state index contributed by atoms with van der Waals surface area (Å²) in [6, 6.07) is 0. The Bertz CT molecular complexity index is 87.7. The van der Waals surface area contributed by atoms with Crippen molar-refractivity contribution in [1.82, 2.24) is 0 Å². The van der Waals surface area contributed by atoms with Crippen molar-refractivity contribution in [3.63, 3.8) is 0 Å². The topological polar surface area (TPSA) is 63.3 Å². The molecule has 3 N–H and O–H groups in total. The first kappa shape index (κ1) is 6.17. The van der Waals surface area contributed by atoms with Crippen molar-refractivity contribution in [3.8, 4) is 0 Å². The lowest BCUT2D eigenvalue weighted by atomic mass is 10.5. The molecule has 0 saturated heterocycles. The van der Waals surface area contributed by atoms with E-state index in [-0.39, 0.29) is 6.54 Å². The fourth-order valence-corrected chi connectivity index (χ4v) is 0.169. The van der Waals surface area contributed by atoms with E-state index in [2.05, 4.69) is 0 Å². The summed E-state index contributed by atoms with van der Waals surface area (Å²) in [6.45, 7) is 0.284. The summed E-state index contributed by atoms with van der Waals surface area (Å²) in [5.41, 5.74) is 4.93. The van der Waals surface area contributed by atoms with Gasteiger partial charge in [0.05, 0.1) is 0 Å². The van der Waals surface area contributed by atoms with Gasteiger partial charge in [-0.25, -0.2) is 4.79 Å². The summed E-state index contributed by atoms with van der Waals surface area (Å²) < 4.78 is 0. The van der Waals surface area contributed by atoms with E-state index in [1.807, 2.05) is 0 Å². The second kappa shape index (κ2) is 3.36. The average molecular weight is 101 g/mol. The summed E-state index contributed by atoms with van der Waals surface area (Å²) in [7, 11) is 0. The van der Waals surface area contributed by atoms with Gasteiger partial charge in [-0.15, -0.1) is 0 Å². The SMILES string of the molecule is NCC=CC(=O)O. The van der Waals surface area contributed by atoms with Gasteiger partial charge in [0.25, 0.3) is 0 Å². The maximum absolute atomic E-state index is 9.62. The first-order valence-corrected chi connectivity index (χ1v) is 1.87. The van der Waals surface area contributed by atoms with Gasteiger partial charge in [0, 0.05) is 12.6 Å². The van der Waals surface area contributed by atoms with E-state index in [0.29, 0.717) is 0 Å². The molecule has 7 heavy (non-hydrogen) atoms. The third-order valence-corrected chi connectivity index (χ3v) is 0.397. The molecule has 0 rings (SSSR count). The molecule has 0 aliphatic carbocycles. The van der Waals surface area contributed by atoms with E-state index in [1.54, 1.807) is 0 Å². The van der Waals surface area contributed by atoms with Gasteiger partial charge in [-0.2, -0.15) is 0 Å². The van der Waals surface area contributed by atoms with Gasteiger partial charge in [0.1, 0.15) is 0 Å². The summed E-state index contributed by atoms with van der Waals surface area (Å²) in [5, 5.41) is 7.90. The Labute approximate surface area is 41.4 Å². The van der Waals surface area contributed by atoms with Crippen LogP contribution in [0.3, 0.4) is 0 Å². The number of hydrogen-bond donors (Lipinski definition) is 2. The first-order chi connectivity index (χ1) is 3.27. The van der Waals surface area contributed by atoms with E-state index in [0.717, 1.165) is 6.08 Å². The molecule has 0 bridgehead atoms. The van der Waals surface area contributed by atoms with Gasteiger partial charge in [-0.05, 0) is 0 Å². The lowest BCUT2D eigenvalue weighted by Crippen LogP contribution is -1.95. The molecule has 3 nitrogen and oxygen atoms in total. The molecule has 0 fully saturated rings. The molecule has 3 heteroatoms. The number of nitrogens with two attached hydrogens (primary N) is 1. The molecule has 0 aromatic carbocycles. The van der Waals surface area contributed by atoms with Gasteiger partial charge in [-0.3, -0.25) is 0 Å². The number of hydrogen-bond acceptors (Lipinski definition) is 2. The molecule has 0 aromatic rings. The van der Waals surface area contributed by atoms with E-state index in [9.17, 15) is 4.79 Å². The van der Waals surface area contributed by atoms with Crippen LogP contribution < -0.4 is 5.73 Å². The van der Waals surface area contributed by atoms with E-state index in [1.165, 1.54) is 6.08 Å². The monoisotopic (exact) mass is 101 g/mol. The Morgan fingerprint density at radius 1 is 1.86 bits per heavy atom. The lowest BCUT2D eigenvalue weighted by Gasteiger charge is -1.74. The van der Waals surface area contributed by atoms with Crippen molar-refractivity contribution >= 4 is 5.97 Å². The summed E-state index contributed by atoms with van der Waals surface area (Å²) >= 11 is 0. The fraction of sp³-hybridized carbons (Fsp3) is 0.250. The fourth-order valence-electron chi connectivity index (χ4n) is 0.169. The first-order valence-electron chi connectivity index (χ1n) is 1.87. The minimum atomic E-state index is -0.953. The van der Waals surface area contributed by atoms with Gasteiger partial charge in [0.15, 0.2) is 0 Å². The summed E-state index contributed by atoms with van der Waals surface area (Å²) in [6.07, 6.45) is 2.39. The van der Waals surface area contributed by atoms with Crippen LogP contribution in [0.25, 0.3) is 0 Å². The number of carboxylic acid groups (broad SMARTS) is 1. The van der Waals surface area contributed by atoms with Crippen LogP contribution in [0.2, 0.25) is 0 Å². The lowest BCUT2D eigenvalue weighted by molar-refractivity contribution is -0.131. The molecule has 40 valence electrons. The van der Waals surface area contributed by atoms with Crippen molar-refractivity contribution in [3.05, 3.63) is 12.2 Å². The normalized spacial score (nSPS) is 9.86. The van der Waals surface area contributed by atoms with E-state index < -0.39 is 5.97 Å². The standard InChI is InChI=1S/C4H7NO2/c5-3-1-2-4(6)7/h1-2H,3,5H2,(H,6,7). The Morgan fingerprint density at radius 3 is 2.57 bits per heavy atom. The Kier molecular flexibility index (Phi) is 2.96. The molecule has 0 aliphatic rings. The zero-order chi connectivity index (χ0) is 5.70. The van der Waals surface area contributed by atoms with Crippen molar-refractivity contribution in [2.24, 2.45) is 5.73 Å². The second-order valence-electron chi connectivity index (χ2n) is 0.976. The quantitative estimate of drug-likeness (QED) is 0.464. The van der Waals surface area contributed by atoms with Gasteiger partial charge in [0.2, 0.25) is 0 Å². The highest BCUT2D eigenvalue weighted by Crippen LogP contribution is 1.65. The zero-order valence-corrected chi connectivity index (χ0v) is 3.79. The predicted molar refractivity (Wildman–Crippen MR) is 25.8 cm³/mol. The molecule has 0 heterocycles. The highest BCUT2D eigenvalue weighted by molar-refractivity contribution is 5.79. The van der Waals surface area contributed by atoms with Crippen molar-refractivity contribution in [1.29, 1.82) is 0 Å². The number of carboxylic acids is 1. The van der Waals surface area contributed by atoms with Crippen LogP contribution >= 0.6 is 0 Å². The predicted octanol–water partition coefficient (Wildman–Crippen LogP) is -0.414. The van der Waals surface area contributed by atoms with Crippen LogP contribution in [0.4, 0.5) is 0 Å². The van der Waals surface area contributed by atoms with Crippen LogP contribution in [-0.4, -0.2) is 17.6 Å². The molecule has 0 amide bonds. The summed E-state index contributed by atoms with van der Waals surface area (Å²) in [5.74, 6) is -0.953. The molecular formula is C4H7NO2. The van der Waals surface area contributed by atoms with Crippen molar-refractivity contribution in [2.75, 3.05) is 6.54 Å². The molecule has 0 unspecified atom stereocenters. The average Bonchev–Trinajstić information content (AvgIpc) is 1.61. The highest BCUT2D eigenvalue weighted by Gasteiger charge is 1.79. The van der Waals surface area contributed by atoms with Gasteiger partial charge in [-0.1, -0.05) is 6.08 Å². The third-order valence-electron chi connectivity index (χ3n) is 0.397. The highest BCUT2D eigenvalue weighted by atomic mass is 16.4. The molecule has 0 spiro atoms. The Hall–Kier alpha value is -0.830. The van der Waals surface area contributed by atoms with Gasteiger partial charge < -0.3 is 10.8 Å². The Morgan fingerprint density at radius 2 is 2.43 bits per heavy atom. The number of carbonyl (C=O) groups is 1. The van der Waals surface area contributed by atoms with Crippen LogP contribution in [-0.2, 0) is 4.79 Å². The van der Waals surface area contributed by atoms with Crippen LogP contribution in [0, 0.1) is 0 Å². The molecule has 0 atom stereocenters. The number of aliphatic carboxylic acids is 1. The van der Waals surface area contributed by atoms with Crippen molar-refractivity contribution < 1.29 is 9.90 Å². The second-order valence-corrected chi connectivity index (χ2v) is 0.976. The zero-order valence-electron chi connectivity index (χ0n) is 3.79. The van der Waals surface area contributed by atoms with Crippen LogP contribution in [0.5, 0.6) is 0 Å². The van der Waals surface area contributed by atoms with Crippen LogP contribution in [0.15, 0.2) is 12.2 Å². The molecule has 0 aliphatic heterocycles. The van der Waals surface area contributed by atoms with E-state index >= 15 is 0 Å². The molecular weight excluding hydrogens is 94.0 g/mol. The summed E-state index contributed by atoms with van der Waals surface area (Å²) in [4.78, 5) is 9.62. The maximum atomic E-state index is 9.62. The third kappa shape index (κ3) is 5.17. The largest absolute Gasteiger partial charge is 0.478 e. The van der Waals surface area contributed by atoms with Gasteiger partial charge >= 0.3 is 5.97 Å². The van der Waals surface area contributed by atoms with Crippen LogP contribution in [0.1, 0.15) is 0 Å². The minimum Gasteiger partial charge on any atom is -0.478 e. The molecule has 0 saturated carbocycles. The maximum Gasteiger partial charge on any atom is 0.328 e. The number of rotatable bonds is 2. The Balaban J connectivity index is 3.26. The van der Waals surface area contributed by atoms with E-state index in [4.69, 9.17) is 10.8 Å².